The topological polar surface area (TPSA) is 58.6 Å². The molecule has 1 aliphatic heterocycles. The third-order valence-corrected chi connectivity index (χ3v) is 5.90. The van der Waals surface area contributed by atoms with Gasteiger partial charge in [-0.3, -0.25) is 14.5 Å². The molecular weight excluding hydrogens is 436 g/mol. The Morgan fingerprint density at radius 3 is 2.09 bits per heavy atom. The summed E-state index contributed by atoms with van der Waals surface area (Å²) in [7, 11) is 1.58. The lowest BCUT2D eigenvalue weighted by molar-refractivity contribution is -0.137. The second-order valence-electron chi connectivity index (χ2n) is 8.20. The summed E-state index contributed by atoms with van der Waals surface area (Å²) in [6, 6.07) is 22.1. The standard InChI is InChI=1S/C27H25ClN2O3/c1-17(2)19-6-12-22(13-7-19)29-25-24(20-8-14-23(33-3)15-9-20)26(31)30(27(25)32)16-18-4-10-21(28)11-5-18/h4-15,17,29H,16H2,1-3H3. The fourth-order valence-corrected chi connectivity index (χ4v) is 3.86. The van der Waals surface area contributed by atoms with Crippen LogP contribution in [-0.2, 0) is 16.1 Å². The number of carbonyl (C=O) groups is 2. The Balaban J connectivity index is 1.70. The van der Waals surface area contributed by atoms with Crippen molar-refractivity contribution in [3.05, 3.63) is 100 Å². The number of nitrogens with zero attached hydrogens (tertiary/aromatic N) is 1. The Labute approximate surface area is 198 Å². The summed E-state index contributed by atoms with van der Waals surface area (Å²) < 4.78 is 5.24. The number of carbonyl (C=O) groups excluding carboxylic acids is 2. The molecule has 0 spiro atoms. The highest BCUT2D eigenvalue weighted by molar-refractivity contribution is 6.36. The number of ether oxygens (including phenoxy) is 1. The first-order valence-electron chi connectivity index (χ1n) is 10.7. The largest absolute Gasteiger partial charge is 0.497 e. The van der Waals surface area contributed by atoms with E-state index >= 15 is 0 Å². The van der Waals surface area contributed by atoms with Crippen molar-refractivity contribution in [1.29, 1.82) is 0 Å². The normalized spacial score (nSPS) is 13.8. The lowest BCUT2D eigenvalue weighted by Gasteiger charge is -2.15. The van der Waals surface area contributed by atoms with Gasteiger partial charge in [0.2, 0.25) is 0 Å². The van der Waals surface area contributed by atoms with E-state index in [0.29, 0.717) is 27.8 Å². The molecule has 1 heterocycles. The van der Waals surface area contributed by atoms with Gasteiger partial charge in [0.1, 0.15) is 11.4 Å². The van der Waals surface area contributed by atoms with Crippen molar-refractivity contribution in [2.24, 2.45) is 0 Å². The fourth-order valence-electron chi connectivity index (χ4n) is 3.73. The summed E-state index contributed by atoms with van der Waals surface area (Å²) in [6.07, 6.45) is 0. The van der Waals surface area contributed by atoms with Crippen LogP contribution in [0.5, 0.6) is 5.75 Å². The first-order valence-corrected chi connectivity index (χ1v) is 11.1. The number of hydrogen-bond acceptors (Lipinski definition) is 4. The molecule has 5 nitrogen and oxygen atoms in total. The van der Waals surface area contributed by atoms with Gasteiger partial charge in [-0.1, -0.05) is 61.8 Å². The summed E-state index contributed by atoms with van der Waals surface area (Å²) in [4.78, 5) is 28.1. The minimum atomic E-state index is -0.367. The third kappa shape index (κ3) is 4.78. The lowest BCUT2D eigenvalue weighted by atomic mass is 10.0. The van der Waals surface area contributed by atoms with Gasteiger partial charge in [-0.15, -0.1) is 0 Å². The number of anilines is 1. The molecule has 1 aliphatic rings. The molecule has 2 amide bonds. The number of rotatable bonds is 7. The van der Waals surface area contributed by atoms with Crippen molar-refractivity contribution < 1.29 is 14.3 Å². The van der Waals surface area contributed by atoms with E-state index < -0.39 is 0 Å². The molecule has 0 bridgehead atoms. The second-order valence-corrected chi connectivity index (χ2v) is 8.64. The van der Waals surface area contributed by atoms with Crippen LogP contribution in [0.3, 0.4) is 0 Å². The molecule has 168 valence electrons. The Hall–Kier alpha value is -3.57. The molecule has 4 rings (SSSR count). The van der Waals surface area contributed by atoms with E-state index in [0.717, 1.165) is 11.3 Å². The van der Waals surface area contributed by atoms with Crippen LogP contribution in [0.1, 0.15) is 36.5 Å². The SMILES string of the molecule is COc1ccc(C2=C(Nc3ccc(C(C)C)cc3)C(=O)N(Cc3ccc(Cl)cc3)C2=O)cc1. The third-order valence-electron chi connectivity index (χ3n) is 5.65. The summed E-state index contributed by atoms with van der Waals surface area (Å²) in [5.41, 5.74) is 4.01. The maximum atomic E-state index is 13.4. The molecule has 0 radical (unpaired) electrons. The molecule has 0 unspecified atom stereocenters. The number of nitrogens with one attached hydrogen (secondary N) is 1. The van der Waals surface area contributed by atoms with Crippen molar-refractivity contribution in [3.8, 4) is 5.75 Å². The Bertz CT molecular complexity index is 1200. The van der Waals surface area contributed by atoms with E-state index in [1.807, 2.05) is 36.4 Å². The predicted octanol–water partition coefficient (Wildman–Crippen LogP) is 5.86. The average Bonchev–Trinajstić information content (AvgIpc) is 3.05. The molecule has 0 saturated heterocycles. The van der Waals surface area contributed by atoms with E-state index in [1.165, 1.54) is 10.5 Å². The molecule has 0 fully saturated rings. The summed E-state index contributed by atoms with van der Waals surface area (Å²) in [5.74, 6) is 0.362. The van der Waals surface area contributed by atoms with Crippen LogP contribution >= 0.6 is 11.6 Å². The molecule has 3 aromatic rings. The van der Waals surface area contributed by atoms with Crippen LogP contribution < -0.4 is 10.1 Å². The molecule has 0 saturated carbocycles. The van der Waals surface area contributed by atoms with Gasteiger partial charge in [0.05, 0.1) is 19.2 Å². The predicted molar refractivity (Wildman–Crippen MR) is 131 cm³/mol. The van der Waals surface area contributed by atoms with Crippen LogP contribution in [0.15, 0.2) is 78.5 Å². The summed E-state index contributed by atoms with van der Waals surface area (Å²) >= 11 is 5.98. The molecule has 1 N–H and O–H groups in total. The minimum absolute atomic E-state index is 0.159. The Morgan fingerprint density at radius 2 is 1.52 bits per heavy atom. The lowest BCUT2D eigenvalue weighted by Crippen LogP contribution is -2.32. The van der Waals surface area contributed by atoms with Crippen LogP contribution in [0, 0.1) is 0 Å². The smallest absolute Gasteiger partial charge is 0.278 e. The van der Waals surface area contributed by atoms with Crippen LogP contribution in [-0.4, -0.2) is 23.8 Å². The van der Waals surface area contributed by atoms with Crippen molar-refractivity contribution in [2.45, 2.75) is 26.3 Å². The fraction of sp³-hybridized carbons (Fsp3) is 0.185. The monoisotopic (exact) mass is 460 g/mol. The number of halogens is 1. The Kier molecular flexibility index (Phi) is 6.52. The highest BCUT2D eigenvalue weighted by Crippen LogP contribution is 2.32. The van der Waals surface area contributed by atoms with Gasteiger partial charge in [0.25, 0.3) is 11.8 Å². The van der Waals surface area contributed by atoms with Gasteiger partial charge in [-0.25, -0.2) is 0 Å². The maximum Gasteiger partial charge on any atom is 0.278 e. The molecular formula is C27H25ClN2O3. The molecule has 0 aliphatic carbocycles. The number of imide groups is 1. The van der Waals surface area contributed by atoms with Gasteiger partial charge >= 0.3 is 0 Å². The maximum absolute atomic E-state index is 13.4. The van der Waals surface area contributed by atoms with Gasteiger partial charge in [-0.05, 0) is 59.0 Å². The van der Waals surface area contributed by atoms with Crippen molar-refractivity contribution in [1.82, 2.24) is 4.90 Å². The first-order chi connectivity index (χ1) is 15.9. The van der Waals surface area contributed by atoms with E-state index in [4.69, 9.17) is 16.3 Å². The summed E-state index contributed by atoms with van der Waals surface area (Å²) in [5, 5.41) is 3.80. The summed E-state index contributed by atoms with van der Waals surface area (Å²) in [6.45, 7) is 4.41. The minimum Gasteiger partial charge on any atom is -0.497 e. The number of benzene rings is 3. The molecule has 6 heteroatoms. The van der Waals surface area contributed by atoms with Crippen molar-refractivity contribution in [2.75, 3.05) is 12.4 Å². The Morgan fingerprint density at radius 1 is 0.879 bits per heavy atom. The van der Waals surface area contributed by atoms with Crippen LogP contribution in [0.25, 0.3) is 5.57 Å². The number of methoxy groups -OCH3 is 1. The van der Waals surface area contributed by atoms with Crippen molar-refractivity contribution in [3.63, 3.8) is 0 Å². The van der Waals surface area contributed by atoms with E-state index in [-0.39, 0.29) is 24.1 Å². The first kappa shape index (κ1) is 22.6. The average molecular weight is 461 g/mol. The molecule has 0 atom stereocenters. The van der Waals surface area contributed by atoms with E-state index in [1.54, 1.807) is 43.5 Å². The van der Waals surface area contributed by atoms with Gasteiger partial charge in [0.15, 0.2) is 0 Å². The zero-order valence-electron chi connectivity index (χ0n) is 18.8. The molecule has 33 heavy (non-hydrogen) atoms. The van der Waals surface area contributed by atoms with Gasteiger partial charge in [0, 0.05) is 10.7 Å². The number of amides is 2. The highest BCUT2D eigenvalue weighted by Gasteiger charge is 2.39. The molecule has 0 aromatic heterocycles. The van der Waals surface area contributed by atoms with Crippen LogP contribution in [0.4, 0.5) is 5.69 Å². The zero-order valence-corrected chi connectivity index (χ0v) is 19.5. The van der Waals surface area contributed by atoms with Crippen LogP contribution in [0.2, 0.25) is 5.02 Å². The number of hydrogen-bond donors (Lipinski definition) is 1. The second kappa shape index (κ2) is 9.51. The zero-order chi connectivity index (χ0) is 23.5. The quantitative estimate of drug-likeness (QED) is 0.448. The van der Waals surface area contributed by atoms with E-state index in [9.17, 15) is 9.59 Å². The van der Waals surface area contributed by atoms with Crippen molar-refractivity contribution >= 4 is 34.7 Å². The van der Waals surface area contributed by atoms with E-state index in [2.05, 4.69) is 19.2 Å². The molecule has 3 aromatic carbocycles. The van der Waals surface area contributed by atoms with Gasteiger partial charge < -0.3 is 10.1 Å². The van der Waals surface area contributed by atoms with Gasteiger partial charge in [-0.2, -0.15) is 0 Å². The highest BCUT2D eigenvalue weighted by atomic mass is 35.5.